The summed E-state index contributed by atoms with van der Waals surface area (Å²) in [4.78, 5) is 10.2. The highest BCUT2D eigenvalue weighted by atomic mass is 35.5. The van der Waals surface area contributed by atoms with Crippen LogP contribution in [0.3, 0.4) is 0 Å². The lowest BCUT2D eigenvalue weighted by Crippen LogP contribution is -2.19. The normalized spacial score (nSPS) is 12.8. The second-order valence-corrected chi connectivity index (χ2v) is 3.07. The van der Waals surface area contributed by atoms with E-state index in [1.807, 2.05) is 0 Å². The van der Waals surface area contributed by atoms with Gasteiger partial charge >= 0.3 is 5.97 Å². The molecule has 0 radical (unpaired) electrons. The molecular weight excluding hydrogens is 196 g/mol. The number of carboxylic acids is 1. The Morgan fingerprint density at radius 2 is 2.46 bits per heavy atom. The van der Waals surface area contributed by atoms with E-state index in [2.05, 4.69) is 5.10 Å². The van der Waals surface area contributed by atoms with E-state index < -0.39 is 12.1 Å². The molecule has 0 aliphatic heterocycles. The Labute approximate surface area is 79.6 Å². The number of aliphatic hydroxyl groups is 1. The van der Waals surface area contributed by atoms with E-state index in [4.69, 9.17) is 16.7 Å². The van der Waals surface area contributed by atoms with E-state index in [9.17, 15) is 9.90 Å². The minimum Gasteiger partial charge on any atom is -0.481 e. The predicted octanol–water partition coefficient (Wildman–Crippen LogP) is 0.372. The number of aliphatic carboxylic acids is 1. The Morgan fingerprint density at radius 3 is 2.92 bits per heavy atom. The lowest BCUT2D eigenvalue weighted by molar-refractivity contribution is -0.139. The topological polar surface area (TPSA) is 75.3 Å². The van der Waals surface area contributed by atoms with Crippen LogP contribution >= 0.6 is 11.6 Å². The van der Waals surface area contributed by atoms with Gasteiger partial charge in [0, 0.05) is 6.20 Å². The highest BCUT2D eigenvalue weighted by Crippen LogP contribution is 2.05. The number of hydrogen-bond acceptors (Lipinski definition) is 3. The first-order valence-electron chi connectivity index (χ1n) is 3.65. The van der Waals surface area contributed by atoms with Gasteiger partial charge in [0.05, 0.1) is 30.3 Å². The molecule has 0 bridgehead atoms. The zero-order chi connectivity index (χ0) is 9.84. The van der Waals surface area contributed by atoms with E-state index >= 15 is 0 Å². The summed E-state index contributed by atoms with van der Waals surface area (Å²) >= 11 is 5.57. The summed E-state index contributed by atoms with van der Waals surface area (Å²) < 4.78 is 1.40. The summed E-state index contributed by atoms with van der Waals surface area (Å²) in [7, 11) is 0. The summed E-state index contributed by atoms with van der Waals surface area (Å²) in [5.41, 5.74) is 0. The van der Waals surface area contributed by atoms with Gasteiger partial charge in [-0.3, -0.25) is 9.48 Å². The molecule has 1 atom stereocenters. The van der Waals surface area contributed by atoms with Crippen molar-refractivity contribution in [1.82, 2.24) is 9.78 Å². The first-order valence-corrected chi connectivity index (χ1v) is 4.03. The van der Waals surface area contributed by atoms with E-state index in [0.717, 1.165) is 0 Å². The number of halogens is 1. The molecule has 0 fully saturated rings. The fourth-order valence-electron chi connectivity index (χ4n) is 0.920. The van der Waals surface area contributed by atoms with Gasteiger partial charge in [0.2, 0.25) is 0 Å². The molecule has 0 spiro atoms. The molecule has 1 heterocycles. The highest BCUT2D eigenvalue weighted by molar-refractivity contribution is 6.30. The van der Waals surface area contributed by atoms with Crippen LogP contribution in [0.5, 0.6) is 0 Å². The van der Waals surface area contributed by atoms with Gasteiger partial charge in [-0.15, -0.1) is 0 Å². The number of aromatic nitrogens is 2. The Morgan fingerprint density at radius 1 is 1.77 bits per heavy atom. The van der Waals surface area contributed by atoms with Gasteiger partial charge in [0.1, 0.15) is 0 Å². The van der Waals surface area contributed by atoms with Crippen LogP contribution in [-0.4, -0.2) is 32.1 Å². The minimum absolute atomic E-state index is 0.138. The van der Waals surface area contributed by atoms with Crippen molar-refractivity contribution in [2.75, 3.05) is 0 Å². The van der Waals surface area contributed by atoms with Crippen LogP contribution in [0.25, 0.3) is 0 Å². The van der Waals surface area contributed by atoms with Gasteiger partial charge < -0.3 is 10.2 Å². The maximum Gasteiger partial charge on any atom is 0.306 e. The first-order chi connectivity index (χ1) is 6.08. The molecule has 0 amide bonds. The van der Waals surface area contributed by atoms with Crippen LogP contribution in [0.4, 0.5) is 0 Å². The molecule has 1 aromatic rings. The second-order valence-electron chi connectivity index (χ2n) is 2.63. The standard InChI is InChI=1S/C7H9ClN2O3/c8-5-2-9-10(3-5)4-6(11)1-7(12)13/h2-3,6,11H,1,4H2,(H,12,13). The molecule has 5 nitrogen and oxygen atoms in total. The monoisotopic (exact) mass is 204 g/mol. The fraction of sp³-hybridized carbons (Fsp3) is 0.429. The summed E-state index contributed by atoms with van der Waals surface area (Å²) in [6.07, 6.45) is 1.72. The van der Waals surface area contributed by atoms with Crippen LogP contribution < -0.4 is 0 Å². The fourth-order valence-corrected chi connectivity index (χ4v) is 1.08. The Balaban J connectivity index is 2.44. The third-order valence-electron chi connectivity index (χ3n) is 1.41. The van der Waals surface area contributed by atoms with Gasteiger partial charge in [-0.1, -0.05) is 11.6 Å². The molecule has 72 valence electrons. The highest BCUT2D eigenvalue weighted by Gasteiger charge is 2.10. The van der Waals surface area contributed by atoms with Crippen molar-refractivity contribution in [2.24, 2.45) is 0 Å². The zero-order valence-electron chi connectivity index (χ0n) is 6.72. The molecule has 1 aromatic heterocycles. The number of aliphatic hydroxyl groups excluding tert-OH is 1. The van der Waals surface area contributed by atoms with Crippen LogP contribution in [0.1, 0.15) is 6.42 Å². The molecule has 0 aliphatic rings. The smallest absolute Gasteiger partial charge is 0.306 e. The molecule has 0 saturated carbocycles. The van der Waals surface area contributed by atoms with Crippen LogP contribution in [0.15, 0.2) is 12.4 Å². The Hall–Kier alpha value is -1.07. The molecule has 13 heavy (non-hydrogen) atoms. The summed E-state index contributed by atoms with van der Waals surface area (Å²) in [6, 6.07) is 0. The molecule has 0 aromatic carbocycles. The van der Waals surface area contributed by atoms with Crippen LogP contribution in [-0.2, 0) is 11.3 Å². The summed E-state index contributed by atoms with van der Waals surface area (Å²) in [5, 5.41) is 21.8. The number of nitrogens with zero attached hydrogens (tertiary/aromatic N) is 2. The average molecular weight is 205 g/mol. The molecule has 6 heteroatoms. The first kappa shape index (κ1) is 10.0. The van der Waals surface area contributed by atoms with Crippen molar-refractivity contribution >= 4 is 17.6 Å². The van der Waals surface area contributed by atoms with Crippen molar-refractivity contribution in [3.8, 4) is 0 Å². The summed E-state index contributed by atoms with van der Waals surface area (Å²) in [6.45, 7) is 0.138. The lowest BCUT2D eigenvalue weighted by Gasteiger charge is -2.06. The SMILES string of the molecule is O=C(O)CC(O)Cn1cc(Cl)cn1. The third-order valence-corrected chi connectivity index (χ3v) is 1.60. The molecule has 1 unspecified atom stereocenters. The van der Waals surface area contributed by atoms with Gasteiger partial charge in [-0.2, -0.15) is 5.10 Å². The zero-order valence-corrected chi connectivity index (χ0v) is 7.48. The van der Waals surface area contributed by atoms with Gasteiger partial charge in [-0.05, 0) is 0 Å². The molecule has 0 aliphatic carbocycles. The van der Waals surface area contributed by atoms with Crippen LogP contribution in [0, 0.1) is 0 Å². The lowest BCUT2D eigenvalue weighted by atomic mass is 10.2. The van der Waals surface area contributed by atoms with Crippen molar-refractivity contribution in [3.63, 3.8) is 0 Å². The van der Waals surface area contributed by atoms with E-state index in [1.165, 1.54) is 17.1 Å². The largest absolute Gasteiger partial charge is 0.481 e. The Kier molecular flexibility index (Phi) is 3.27. The third kappa shape index (κ3) is 3.43. The quantitative estimate of drug-likeness (QED) is 0.743. The molecule has 0 saturated heterocycles. The van der Waals surface area contributed by atoms with Gasteiger partial charge in [0.15, 0.2) is 0 Å². The predicted molar refractivity (Wildman–Crippen MR) is 45.5 cm³/mol. The van der Waals surface area contributed by atoms with Crippen LogP contribution in [0.2, 0.25) is 5.02 Å². The molecule has 1 rings (SSSR count). The van der Waals surface area contributed by atoms with E-state index in [0.29, 0.717) is 5.02 Å². The van der Waals surface area contributed by atoms with Crippen molar-refractivity contribution in [3.05, 3.63) is 17.4 Å². The Bertz CT molecular complexity index is 300. The van der Waals surface area contributed by atoms with Crippen molar-refractivity contribution < 1.29 is 15.0 Å². The molecular formula is C7H9ClN2O3. The minimum atomic E-state index is -1.04. The van der Waals surface area contributed by atoms with Gasteiger partial charge in [-0.25, -0.2) is 0 Å². The molecule has 2 N–H and O–H groups in total. The van der Waals surface area contributed by atoms with Crippen molar-refractivity contribution in [1.29, 1.82) is 0 Å². The van der Waals surface area contributed by atoms with Gasteiger partial charge in [0.25, 0.3) is 0 Å². The van der Waals surface area contributed by atoms with Crippen molar-refractivity contribution in [2.45, 2.75) is 19.1 Å². The maximum absolute atomic E-state index is 10.2. The maximum atomic E-state index is 10.2. The average Bonchev–Trinajstić information content (AvgIpc) is 2.33. The van der Waals surface area contributed by atoms with E-state index in [1.54, 1.807) is 0 Å². The second kappa shape index (κ2) is 4.25. The van der Waals surface area contributed by atoms with E-state index in [-0.39, 0.29) is 13.0 Å². The summed E-state index contributed by atoms with van der Waals surface area (Å²) in [5.74, 6) is -1.04. The number of carbonyl (C=O) groups is 1. The number of carboxylic acid groups (broad SMARTS) is 1. The number of rotatable bonds is 4. The number of hydrogen-bond donors (Lipinski definition) is 2.